The minimum absolute atomic E-state index is 0.0761. The summed E-state index contributed by atoms with van der Waals surface area (Å²) in [6, 6.07) is 18.0. The number of Topliss-reactive ketones (excluding diaryl/α,β-unsaturated/α-hetero) is 1. The minimum Gasteiger partial charge on any atom is -0.382 e. The van der Waals surface area contributed by atoms with Gasteiger partial charge in [-0.3, -0.25) is 14.3 Å². The number of aromatic nitrogens is 6. The zero-order valence-electron chi connectivity index (χ0n) is 21.6. The summed E-state index contributed by atoms with van der Waals surface area (Å²) in [5, 5.41) is 16.9. The molecule has 3 aromatic carbocycles. The van der Waals surface area contributed by atoms with Gasteiger partial charge in [0.15, 0.2) is 11.6 Å². The molecule has 0 radical (unpaired) electrons. The van der Waals surface area contributed by atoms with Crippen molar-refractivity contribution in [1.82, 2.24) is 34.9 Å². The number of nitrogens with zero attached hydrogens (tertiary/aromatic N) is 7. The Hall–Kier alpha value is -4.83. The van der Waals surface area contributed by atoms with Crippen molar-refractivity contribution in [1.29, 1.82) is 0 Å². The number of nitrogens with two attached hydrogens (primary N) is 1. The molecule has 0 bridgehead atoms. The molecule has 200 valence electrons. The number of amides is 1. The average Bonchev–Trinajstić information content (AvgIpc) is 3.59. The number of carbonyl (C=O) groups excluding carboxylic acids is 2. The summed E-state index contributed by atoms with van der Waals surface area (Å²) < 4.78 is 3.21. The lowest BCUT2D eigenvalue weighted by Gasteiger charge is -2.36. The maximum Gasteiger partial charge on any atom is 0.247 e. The van der Waals surface area contributed by atoms with E-state index in [1.807, 2.05) is 49.5 Å². The first kappa shape index (κ1) is 25.4. The molecule has 2 N–H and O–H groups in total. The molecule has 0 saturated carbocycles. The molecule has 11 heteroatoms. The molecule has 0 aliphatic carbocycles. The molecule has 40 heavy (non-hydrogen) atoms. The van der Waals surface area contributed by atoms with Crippen molar-refractivity contribution in [3.63, 3.8) is 0 Å². The van der Waals surface area contributed by atoms with Crippen LogP contribution < -0.4 is 5.73 Å². The summed E-state index contributed by atoms with van der Waals surface area (Å²) >= 11 is 6.24. The quantitative estimate of drug-likeness (QED) is 0.318. The maximum atomic E-state index is 13.9. The van der Waals surface area contributed by atoms with Crippen molar-refractivity contribution < 1.29 is 9.59 Å². The first-order valence-corrected chi connectivity index (χ1v) is 13.1. The van der Waals surface area contributed by atoms with Crippen molar-refractivity contribution >= 4 is 46.1 Å². The van der Waals surface area contributed by atoms with Crippen LogP contribution in [0, 0.1) is 0 Å². The van der Waals surface area contributed by atoms with Crippen molar-refractivity contribution in [3.8, 4) is 5.69 Å². The van der Waals surface area contributed by atoms with Crippen LogP contribution in [0.1, 0.15) is 28.3 Å². The van der Waals surface area contributed by atoms with Crippen molar-refractivity contribution in [3.05, 3.63) is 100 Å². The third-order valence-corrected chi connectivity index (χ3v) is 7.42. The van der Waals surface area contributed by atoms with Gasteiger partial charge >= 0.3 is 0 Å². The molecule has 5 aromatic rings. The third-order valence-electron chi connectivity index (χ3n) is 7.18. The van der Waals surface area contributed by atoms with E-state index >= 15 is 0 Å². The minimum atomic E-state index is -0.720. The van der Waals surface area contributed by atoms with Crippen molar-refractivity contribution in [2.24, 2.45) is 7.05 Å². The predicted octanol–water partition coefficient (Wildman–Crippen LogP) is 3.74. The Kier molecular flexibility index (Phi) is 6.61. The standard InChI is InChI=1S/C29H25ClN8O2/c1-36-25-9-6-18(14-23(25)29(31)33-36)15-26(39)28-22-5-3-2-4-19(22)12-13-37(28)27(40)11-7-20-16-21(30)8-10-24(20)38-17-32-34-35-38/h2-11,14,16-17,28H,12-13,15H2,1H3,(H2,31,33)/b11-7+/t28-/m0/s1. The van der Waals surface area contributed by atoms with Gasteiger partial charge in [0.25, 0.3) is 0 Å². The van der Waals surface area contributed by atoms with E-state index in [1.54, 1.807) is 33.9 Å². The van der Waals surface area contributed by atoms with Gasteiger partial charge in [-0.2, -0.15) is 9.78 Å². The third kappa shape index (κ3) is 4.73. The number of ketones is 1. The Morgan fingerprint density at radius 1 is 1.12 bits per heavy atom. The van der Waals surface area contributed by atoms with E-state index in [2.05, 4.69) is 20.6 Å². The number of hydrogen-bond donors (Lipinski definition) is 1. The number of anilines is 1. The number of rotatable bonds is 6. The van der Waals surface area contributed by atoms with Gasteiger partial charge in [0.05, 0.1) is 11.2 Å². The number of tetrazole rings is 1. The number of halogens is 1. The summed E-state index contributed by atoms with van der Waals surface area (Å²) in [7, 11) is 1.83. The average molecular weight is 553 g/mol. The molecule has 1 aliphatic rings. The van der Waals surface area contributed by atoms with Gasteiger partial charge in [0, 0.05) is 42.1 Å². The second-order valence-corrected chi connectivity index (χ2v) is 10.1. The van der Waals surface area contributed by atoms with Gasteiger partial charge in [-0.05, 0) is 69.9 Å². The van der Waals surface area contributed by atoms with E-state index < -0.39 is 6.04 Å². The first-order chi connectivity index (χ1) is 19.4. The van der Waals surface area contributed by atoms with Crippen molar-refractivity contribution in [2.75, 3.05) is 12.3 Å². The van der Waals surface area contributed by atoms with Crippen LogP contribution in [0.3, 0.4) is 0 Å². The van der Waals surface area contributed by atoms with Gasteiger partial charge in [0.1, 0.15) is 12.4 Å². The summed E-state index contributed by atoms with van der Waals surface area (Å²) in [5.41, 5.74) is 11.0. The second-order valence-electron chi connectivity index (χ2n) is 9.68. The first-order valence-electron chi connectivity index (χ1n) is 12.7. The molecule has 0 saturated heterocycles. The number of carbonyl (C=O) groups is 2. The molecule has 1 amide bonds. The fraction of sp³-hybridized carbons (Fsp3) is 0.172. The predicted molar refractivity (Wildman–Crippen MR) is 152 cm³/mol. The molecule has 6 rings (SSSR count). The number of nitrogen functional groups attached to an aromatic ring is 1. The second kappa shape index (κ2) is 10.4. The lowest BCUT2D eigenvalue weighted by molar-refractivity contribution is -0.136. The highest BCUT2D eigenvalue weighted by Gasteiger charge is 2.34. The topological polar surface area (TPSA) is 125 Å². The molecule has 0 fully saturated rings. The van der Waals surface area contributed by atoms with Gasteiger partial charge in [-0.25, -0.2) is 0 Å². The highest BCUT2D eigenvalue weighted by Crippen LogP contribution is 2.32. The summed E-state index contributed by atoms with van der Waals surface area (Å²) in [6.07, 6.45) is 5.41. The van der Waals surface area contributed by atoms with Crippen LogP contribution in [0.15, 0.2) is 73.1 Å². The monoisotopic (exact) mass is 552 g/mol. The Balaban J connectivity index is 1.31. The van der Waals surface area contributed by atoms with Gasteiger partial charge in [-0.15, -0.1) is 5.10 Å². The zero-order valence-corrected chi connectivity index (χ0v) is 22.4. The molecule has 0 unspecified atom stereocenters. The zero-order chi connectivity index (χ0) is 27.8. The molecule has 1 aliphatic heterocycles. The van der Waals surface area contributed by atoms with E-state index in [9.17, 15) is 9.59 Å². The van der Waals surface area contributed by atoms with Crippen LogP contribution in [-0.4, -0.2) is 53.1 Å². The number of fused-ring (bicyclic) bond motifs is 2. The van der Waals surface area contributed by atoms with E-state index in [-0.39, 0.29) is 18.1 Å². The van der Waals surface area contributed by atoms with Crippen molar-refractivity contribution in [2.45, 2.75) is 18.9 Å². The molecular weight excluding hydrogens is 528 g/mol. The molecule has 0 spiro atoms. The number of aryl methyl sites for hydroxylation is 1. The Morgan fingerprint density at radius 3 is 2.80 bits per heavy atom. The lowest BCUT2D eigenvalue weighted by atomic mass is 9.88. The van der Waals surface area contributed by atoms with Crippen LogP contribution in [0.25, 0.3) is 22.7 Å². The van der Waals surface area contributed by atoms with E-state index in [1.165, 1.54) is 17.1 Å². The number of benzene rings is 3. The maximum absolute atomic E-state index is 13.9. The van der Waals surface area contributed by atoms with Gasteiger partial charge in [-0.1, -0.05) is 41.9 Å². The lowest BCUT2D eigenvalue weighted by Crippen LogP contribution is -2.43. The molecule has 10 nitrogen and oxygen atoms in total. The van der Waals surface area contributed by atoms with Crippen LogP contribution in [0.4, 0.5) is 5.82 Å². The summed E-state index contributed by atoms with van der Waals surface area (Å²) in [4.78, 5) is 29.2. The van der Waals surface area contributed by atoms with Crippen LogP contribution in [-0.2, 0) is 29.5 Å². The molecule has 1 atom stereocenters. The van der Waals surface area contributed by atoms with Gasteiger partial charge < -0.3 is 10.6 Å². The Morgan fingerprint density at radius 2 is 1.98 bits per heavy atom. The fourth-order valence-electron chi connectivity index (χ4n) is 5.29. The molecule has 3 heterocycles. The SMILES string of the molecule is Cn1nc(N)c2cc(CC(=O)[C@@H]3c4ccccc4CCN3C(=O)/C=C/c3cc(Cl)ccc3-n3cnnn3)ccc21. The van der Waals surface area contributed by atoms with E-state index in [0.717, 1.165) is 27.6 Å². The van der Waals surface area contributed by atoms with Crippen LogP contribution in [0.5, 0.6) is 0 Å². The van der Waals surface area contributed by atoms with Crippen LogP contribution >= 0.6 is 11.6 Å². The van der Waals surface area contributed by atoms with Crippen LogP contribution in [0.2, 0.25) is 5.02 Å². The normalized spacial score (nSPS) is 15.1. The highest BCUT2D eigenvalue weighted by atomic mass is 35.5. The summed E-state index contributed by atoms with van der Waals surface area (Å²) in [5.74, 6) is 0.0640. The fourth-order valence-corrected chi connectivity index (χ4v) is 5.48. The Bertz CT molecular complexity index is 1780. The van der Waals surface area contributed by atoms with E-state index in [0.29, 0.717) is 35.1 Å². The number of hydrogen-bond acceptors (Lipinski definition) is 7. The summed E-state index contributed by atoms with van der Waals surface area (Å²) in [6.45, 7) is 0.417. The highest BCUT2D eigenvalue weighted by molar-refractivity contribution is 6.30. The largest absolute Gasteiger partial charge is 0.382 e. The van der Waals surface area contributed by atoms with E-state index in [4.69, 9.17) is 17.3 Å². The molecule has 2 aromatic heterocycles. The smallest absolute Gasteiger partial charge is 0.247 e. The Labute approximate surface area is 234 Å². The molecular formula is C29H25ClN8O2. The van der Waals surface area contributed by atoms with Gasteiger partial charge in [0.2, 0.25) is 5.91 Å².